The van der Waals surface area contributed by atoms with Gasteiger partial charge in [-0.3, -0.25) is 19.5 Å². The molecular weight excluding hydrogens is 428 g/mol. The first-order valence-corrected chi connectivity index (χ1v) is 10.5. The Morgan fingerprint density at radius 1 is 1.12 bits per heavy atom. The maximum atomic E-state index is 13.2. The highest BCUT2D eigenvalue weighted by molar-refractivity contribution is 6.52. The lowest BCUT2D eigenvalue weighted by molar-refractivity contribution is -0.132. The summed E-state index contributed by atoms with van der Waals surface area (Å²) in [6.45, 7) is 4.13. The Kier molecular flexibility index (Phi) is 5.97. The molecule has 7 heteroatoms. The molecule has 1 aliphatic heterocycles. The van der Waals surface area contributed by atoms with Gasteiger partial charge in [0.25, 0.3) is 11.7 Å². The number of rotatable bonds is 5. The molecule has 2 heterocycles. The number of aryl methyl sites for hydroxylation is 1. The molecule has 1 atom stereocenters. The quantitative estimate of drug-likeness (QED) is 0.335. The highest BCUT2D eigenvalue weighted by atomic mass is 35.5. The number of pyridine rings is 1. The first-order chi connectivity index (χ1) is 15.4. The van der Waals surface area contributed by atoms with Crippen LogP contribution in [0.3, 0.4) is 0 Å². The SMILES string of the molecule is CCOc1cccc(/C(O)=C2\C(=O)C(=O)N(c3cc(Cl)ccc3C)C2c2ccccn2)c1. The number of aromatic nitrogens is 1. The Balaban J connectivity index is 1.94. The number of ketones is 1. The monoisotopic (exact) mass is 448 g/mol. The largest absolute Gasteiger partial charge is 0.507 e. The molecule has 1 unspecified atom stereocenters. The lowest BCUT2D eigenvalue weighted by Crippen LogP contribution is -2.30. The second-order valence-corrected chi connectivity index (χ2v) is 7.75. The van der Waals surface area contributed by atoms with Crippen LogP contribution in [0, 0.1) is 6.92 Å². The fourth-order valence-electron chi connectivity index (χ4n) is 3.80. The number of aliphatic hydroxyl groups is 1. The van der Waals surface area contributed by atoms with Crippen LogP contribution in [-0.2, 0) is 9.59 Å². The third kappa shape index (κ3) is 3.85. The molecule has 162 valence electrons. The van der Waals surface area contributed by atoms with Crippen LogP contribution in [0.2, 0.25) is 5.02 Å². The number of carbonyl (C=O) groups is 2. The number of Topliss-reactive ketones (excluding diaryl/α,β-unsaturated/α-hetero) is 1. The number of benzene rings is 2. The second-order valence-electron chi connectivity index (χ2n) is 7.32. The fraction of sp³-hybridized carbons (Fsp3) is 0.160. The van der Waals surface area contributed by atoms with E-state index in [4.69, 9.17) is 16.3 Å². The van der Waals surface area contributed by atoms with Gasteiger partial charge in [0.15, 0.2) is 0 Å². The zero-order valence-electron chi connectivity index (χ0n) is 17.6. The van der Waals surface area contributed by atoms with Crippen molar-refractivity contribution in [2.24, 2.45) is 0 Å². The summed E-state index contributed by atoms with van der Waals surface area (Å²) in [5.74, 6) is -1.29. The molecule has 3 aromatic rings. The number of ether oxygens (including phenoxy) is 1. The van der Waals surface area contributed by atoms with E-state index in [1.165, 1.54) is 4.90 Å². The molecule has 6 nitrogen and oxygen atoms in total. The normalized spacial score (nSPS) is 17.6. The maximum Gasteiger partial charge on any atom is 0.300 e. The smallest absolute Gasteiger partial charge is 0.300 e. The van der Waals surface area contributed by atoms with E-state index >= 15 is 0 Å². The molecule has 1 fully saturated rings. The number of anilines is 1. The lowest BCUT2D eigenvalue weighted by atomic mass is 9.98. The molecule has 4 rings (SSSR count). The minimum absolute atomic E-state index is 0.0401. The predicted octanol–water partition coefficient (Wildman–Crippen LogP) is 5.07. The van der Waals surface area contributed by atoms with Crippen LogP contribution in [0.1, 0.15) is 29.8 Å². The van der Waals surface area contributed by atoms with Crippen molar-refractivity contribution in [3.8, 4) is 5.75 Å². The molecule has 1 amide bonds. The van der Waals surface area contributed by atoms with E-state index in [2.05, 4.69) is 4.98 Å². The number of aliphatic hydroxyl groups excluding tert-OH is 1. The molecule has 1 saturated heterocycles. The number of nitrogens with zero attached hydrogens (tertiary/aromatic N) is 2. The van der Waals surface area contributed by atoms with Gasteiger partial charge in [-0.25, -0.2) is 0 Å². The van der Waals surface area contributed by atoms with Gasteiger partial charge in [-0.15, -0.1) is 0 Å². The Morgan fingerprint density at radius 3 is 2.66 bits per heavy atom. The Morgan fingerprint density at radius 2 is 1.94 bits per heavy atom. The summed E-state index contributed by atoms with van der Waals surface area (Å²) in [5.41, 5.74) is 2.03. The number of hydrogen-bond acceptors (Lipinski definition) is 5. The van der Waals surface area contributed by atoms with Crippen LogP contribution in [-0.4, -0.2) is 28.4 Å². The van der Waals surface area contributed by atoms with E-state index in [1.807, 2.05) is 13.8 Å². The summed E-state index contributed by atoms with van der Waals surface area (Å²) < 4.78 is 5.52. The zero-order chi connectivity index (χ0) is 22.8. The summed E-state index contributed by atoms with van der Waals surface area (Å²) in [5, 5.41) is 11.6. The van der Waals surface area contributed by atoms with Gasteiger partial charge >= 0.3 is 0 Å². The van der Waals surface area contributed by atoms with Gasteiger partial charge in [-0.05, 0) is 55.8 Å². The van der Waals surface area contributed by atoms with Crippen molar-refractivity contribution >= 4 is 34.7 Å². The molecule has 1 aromatic heterocycles. The average molecular weight is 449 g/mol. The van der Waals surface area contributed by atoms with Crippen molar-refractivity contribution in [3.63, 3.8) is 0 Å². The highest BCUT2D eigenvalue weighted by Gasteiger charge is 2.48. The van der Waals surface area contributed by atoms with Crippen molar-refractivity contribution in [2.75, 3.05) is 11.5 Å². The summed E-state index contributed by atoms with van der Waals surface area (Å²) in [6.07, 6.45) is 1.58. The highest BCUT2D eigenvalue weighted by Crippen LogP contribution is 2.43. The molecule has 0 aliphatic carbocycles. The number of hydrogen-bond donors (Lipinski definition) is 1. The van der Waals surface area contributed by atoms with E-state index in [0.717, 1.165) is 5.56 Å². The van der Waals surface area contributed by atoms with E-state index in [0.29, 0.717) is 34.3 Å². The summed E-state index contributed by atoms with van der Waals surface area (Å²) in [4.78, 5) is 32.1. The molecule has 1 aliphatic rings. The zero-order valence-corrected chi connectivity index (χ0v) is 18.3. The predicted molar refractivity (Wildman–Crippen MR) is 123 cm³/mol. The van der Waals surface area contributed by atoms with Gasteiger partial charge in [0.05, 0.1) is 17.9 Å². The van der Waals surface area contributed by atoms with Crippen molar-refractivity contribution in [2.45, 2.75) is 19.9 Å². The molecule has 0 saturated carbocycles. The topological polar surface area (TPSA) is 79.7 Å². The maximum absolute atomic E-state index is 13.2. The van der Waals surface area contributed by atoms with Crippen LogP contribution in [0.25, 0.3) is 5.76 Å². The van der Waals surface area contributed by atoms with Gasteiger partial charge in [0.1, 0.15) is 17.6 Å². The van der Waals surface area contributed by atoms with Crippen LogP contribution in [0.4, 0.5) is 5.69 Å². The van der Waals surface area contributed by atoms with Crippen LogP contribution in [0.15, 0.2) is 72.4 Å². The van der Waals surface area contributed by atoms with E-state index < -0.39 is 17.7 Å². The van der Waals surface area contributed by atoms with Gasteiger partial charge in [0.2, 0.25) is 0 Å². The molecule has 0 bridgehead atoms. The molecule has 0 radical (unpaired) electrons. The first kappa shape index (κ1) is 21.6. The minimum Gasteiger partial charge on any atom is -0.507 e. The Hall–Kier alpha value is -3.64. The molecule has 32 heavy (non-hydrogen) atoms. The summed E-state index contributed by atoms with van der Waals surface area (Å²) in [6, 6.07) is 16.2. The minimum atomic E-state index is -0.913. The number of halogens is 1. The van der Waals surface area contributed by atoms with E-state index in [-0.39, 0.29) is 11.3 Å². The Bertz CT molecular complexity index is 1220. The van der Waals surface area contributed by atoms with Crippen LogP contribution < -0.4 is 9.64 Å². The van der Waals surface area contributed by atoms with Gasteiger partial charge in [-0.1, -0.05) is 35.9 Å². The van der Waals surface area contributed by atoms with E-state index in [9.17, 15) is 14.7 Å². The third-order valence-electron chi connectivity index (χ3n) is 5.26. The third-order valence-corrected chi connectivity index (χ3v) is 5.50. The molecule has 0 spiro atoms. The first-order valence-electron chi connectivity index (χ1n) is 10.1. The van der Waals surface area contributed by atoms with Gasteiger partial charge < -0.3 is 9.84 Å². The number of amides is 1. The fourth-order valence-corrected chi connectivity index (χ4v) is 3.96. The van der Waals surface area contributed by atoms with Gasteiger partial charge in [0, 0.05) is 22.5 Å². The number of carbonyl (C=O) groups excluding carboxylic acids is 2. The Labute approximate surface area is 190 Å². The van der Waals surface area contributed by atoms with Crippen molar-refractivity contribution < 1.29 is 19.4 Å². The summed E-state index contributed by atoms with van der Waals surface area (Å²) in [7, 11) is 0. The average Bonchev–Trinajstić information content (AvgIpc) is 3.06. The second kappa shape index (κ2) is 8.85. The van der Waals surface area contributed by atoms with Crippen molar-refractivity contribution in [3.05, 3.63) is 94.3 Å². The molecular formula is C25H21ClN2O4. The van der Waals surface area contributed by atoms with Crippen molar-refractivity contribution in [1.29, 1.82) is 0 Å². The lowest BCUT2D eigenvalue weighted by Gasteiger charge is -2.26. The van der Waals surface area contributed by atoms with Crippen molar-refractivity contribution in [1.82, 2.24) is 4.98 Å². The standard InChI is InChI=1S/C25H21ClN2O4/c1-3-32-18-8-6-7-16(13-18)23(29)21-22(19-9-4-5-12-27-19)28(25(31)24(21)30)20-14-17(26)11-10-15(20)2/h4-14,22,29H,3H2,1-2H3/b23-21+. The summed E-state index contributed by atoms with van der Waals surface area (Å²) >= 11 is 6.20. The van der Waals surface area contributed by atoms with Gasteiger partial charge in [-0.2, -0.15) is 0 Å². The van der Waals surface area contributed by atoms with E-state index in [1.54, 1.807) is 66.9 Å². The van der Waals surface area contributed by atoms with Crippen LogP contribution in [0.5, 0.6) is 5.75 Å². The molecule has 2 aromatic carbocycles. The van der Waals surface area contributed by atoms with Crippen LogP contribution >= 0.6 is 11.6 Å². The molecule has 1 N–H and O–H groups in total.